The van der Waals surface area contributed by atoms with Crippen LogP contribution in [0.3, 0.4) is 0 Å². The van der Waals surface area contributed by atoms with E-state index in [0.29, 0.717) is 17.5 Å². The van der Waals surface area contributed by atoms with E-state index in [-0.39, 0.29) is 11.7 Å². The van der Waals surface area contributed by atoms with Crippen molar-refractivity contribution in [3.05, 3.63) is 65.7 Å². The van der Waals surface area contributed by atoms with Gasteiger partial charge < -0.3 is 10.0 Å². The van der Waals surface area contributed by atoms with E-state index in [1.807, 2.05) is 4.90 Å². The summed E-state index contributed by atoms with van der Waals surface area (Å²) >= 11 is 0. The molecule has 5 rings (SSSR count). The van der Waals surface area contributed by atoms with Crippen LogP contribution in [0.4, 0.5) is 0 Å². The lowest BCUT2D eigenvalue weighted by atomic mass is 9.94. The predicted molar refractivity (Wildman–Crippen MR) is 97.4 cm³/mol. The van der Waals surface area contributed by atoms with Crippen LogP contribution in [-0.4, -0.2) is 46.5 Å². The maximum Gasteiger partial charge on any atom is 0.253 e. The molecule has 2 bridgehead atoms. The number of hydrogen-bond donors (Lipinski definition) is 1. The SMILES string of the molecule is O=C(c1ccc(O)cc1)N1C[C@@H]2CC[C@H](C1)N(Cc1ccccc1)C2. The number of hydrogen-bond acceptors (Lipinski definition) is 3. The Morgan fingerprint density at radius 3 is 2.48 bits per heavy atom. The molecule has 25 heavy (non-hydrogen) atoms. The van der Waals surface area contributed by atoms with Crippen LogP contribution in [0.25, 0.3) is 0 Å². The van der Waals surface area contributed by atoms with Gasteiger partial charge in [0.2, 0.25) is 0 Å². The summed E-state index contributed by atoms with van der Waals surface area (Å²) in [6.07, 6.45) is 2.37. The minimum atomic E-state index is 0.0819. The number of nitrogens with zero attached hydrogens (tertiary/aromatic N) is 2. The number of phenolic OH excluding ortho intramolecular Hbond substituents is 1. The number of carbonyl (C=O) groups is 1. The van der Waals surface area contributed by atoms with Gasteiger partial charge in [-0.25, -0.2) is 0 Å². The first kappa shape index (κ1) is 16.2. The summed E-state index contributed by atoms with van der Waals surface area (Å²) in [5.74, 6) is 0.823. The highest BCUT2D eigenvalue weighted by Gasteiger charge is 2.36. The Morgan fingerprint density at radius 1 is 0.960 bits per heavy atom. The molecule has 0 aliphatic carbocycles. The molecule has 2 aromatic rings. The van der Waals surface area contributed by atoms with Gasteiger partial charge in [-0.05, 0) is 48.6 Å². The lowest BCUT2D eigenvalue weighted by Gasteiger charge is -2.36. The van der Waals surface area contributed by atoms with E-state index >= 15 is 0 Å². The fraction of sp³-hybridized carbons (Fsp3) is 0.381. The molecule has 1 N–H and O–H groups in total. The molecule has 4 heteroatoms. The van der Waals surface area contributed by atoms with Gasteiger partial charge in [0, 0.05) is 37.8 Å². The molecule has 0 aromatic heterocycles. The monoisotopic (exact) mass is 336 g/mol. The molecule has 2 atom stereocenters. The van der Waals surface area contributed by atoms with Crippen LogP contribution in [0, 0.1) is 5.92 Å². The van der Waals surface area contributed by atoms with Gasteiger partial charge in [-0.2, -0.15) is 0 Å². The topological polar surface area (TPSA) is 43.8 Å². The standard InChI is InChI=1S/C21H24N2O2/c24-20-10-7-18(8-11-20)21(25)23-14-17-6-9-19(15-23)22(13-17)12-16-4-2-1-3-5-16/h1-5,7-8,10-11,17,19,24H,6,9,12-15H2/t17-,19-/m1/s1. The Morgan fingerprint density at radius 2 is 1.72 bits per heavy atom. The summed E-state index contributed by atoms with van der Waals surface area (Å²) in [6, 6.07) is 17.6. The summed E-state index contributed by atoms with van der Waals surface area (Å²) < 4.78 is 0. The van der Waals surface area contributed by atoms with E-state index in [4.69, 9.17) is 0 Å². The zero-order valence-electron chi connectivity index (χ0n) is 14.3. The second-order valence-electron chi connectivity index (χ2n) is 7.27. The third-order valence-electron chi connectivity index (χ3n) is 5.46. The third kappa shape index (κ3) is 3.54. The highest BCUT2D eigenvalue weighted by molar-refractivity contribution is 5.94. The van der Waals surface area contributed by atoms with Crippen molar-refractivity contribution in [2.75, 3.05) is 19.6 Å². The Balaban J connectivity index is 1.49. The van der Waals surface area contributed by atoms with Gasteiger partial charge in [0.15, 0.2) is 0 Å². The maximum atomic E-state index is 12.9. The highest BCUT2D eigenvalue weighted by Crippen LogP contribution is 2.30. The molecular formula is C21H24N2O2. The fourth-order valence-corrected chi connectivity index (χ4v) is 4.14. The zero-order chi connectivity index (χ0) is 17.2. The normalized spacial score (nSPS) is 23.4. The Bertz CT molecular complexity index is 729. The molecule has 3 saturated heterocycles. The van der Waals surface area contributed by atoms with E-state index in [1.165, 1.54) is 12.0 Å². The molecule has 0 spiro atoms. The van der Waals surface area contributed by atoms with E-state index in [1.54, 1.807) is 24.3 Å². The minimum Gasteiger partial charge on any atom is -0.508 e. The number of piperidine rings is 1. The van der Waals surface area contributed by atoms with Gasteiger partial charge in [0.25, 0.3) is 5.91 Å². The van der Waals surface area contributed by atoms with Gasteiger partial charge in [0.1, 0.15) is 5.75 Å². The van der Waals surface area contributed by atoms with Gasteiger partial charge in [-0.15, -0.1) is 0 Å². The smallest absolute Gasteiger partial charge is 0.253 e. The lowest BCUT2D eigenvalue weighted by molar-refractivity contribution is 0.0736. The molecular weight excluding hydrogens is 312 g/mol. The molecule has 4 nitrogen and oxygen atoms in total. The molecule has 0 saturated carbocycles. The molecule has 3 heterocycles. The van der Waals surface area contributed by atoms with E-state index in [0.717, 1.165) is 32.6 Å². The van der Waals surface area contributed by atoms with E-state index < -0.39 is 0 Å². The number of phenols is 1. The molecule has 1 amide bonds. The van der Waals surface area contributed by atoms with Crippen molar-refractivity contribution < 1.29 is 9.90 Å². The Kier molecular flexibility index (Phi) is 4.45. The number of benzene rings is 2. The van der Waals surface area contributed by atoms with Crippen molar-refractivity contribution >= 4 is 5.91 Å². The molecule has 3 aliphatic heterocycles. The second kappa shape index (κ2) is 6.89. The Labute approximate surface area is 148 Å². The average Bonchev–Trinajstić information content (AvgIpc) is 2.94. The number of aromatic hydroxyl groups is 1. The van der Waals surface area contributed by atoms with Gasteiger partial charge in [0.05, 0.1) is 0 Å². The van der Waals surface area contributed by atoms with Crippen LogP contribution in [0.5, 0.6) is 5.75 Å². The third-order valence-corrected chi connectivity index (χ3v) is 5.46. The molecule has 0 unspecified atom stereocenters. The molecule has 3 fully saturated rings. The van der Waals surface area contributed by atoms with Gasteiger partial charge in [-0.3, -0.25) is 9.69 Å². The second-order valence-corrected chi connectivity index (χ2v) is 7.27. The Hall–Kier alpha value is -2.33. The molecule has 3 aliphatic rings. The van der Waals surface area contributed by atoms with Crippen LogP contribution >= 0.6 is 0 Å². The van der Waals surface area contributed by atoms with Crippen molar-refractivity contribution in [3.63, 3.8) is 0 Å². The van der Waals surface area contributed by atoms with Crippen molar-refractivity contribution in [2.24, 2.45) is 5.92 Å². The summed E-state index contributed by atoms with van der Waals surface area (Å²) in [5.41, 5.74) is 2.00. The van der Waals surface area contributed by atoms with Gasteiger partial charge in [-0.1, -0.05) is 30.3 Å². The van der Waals surface area contributed by atoms with E-state index in [2.05, 4.69) is 35.2 Å². The summed E-state index contributed by atoms with van der Waals surface area (Å²) in [5, 5.41) is 9.43. The van der Waals surface area contributed by atoms with Crippen LogP contribution in [0.15, 0.2) is 54.6 Å². The van der Waals surface area contributed by atoms with Crippen LogP contribution in [0.2, 0.25) is 0 Å². The van der Waals surface area contributed by atoms with Crippen LogP contribution in [0.1, 0.15) is 28.8 Å². The average molecular weight is 336 g/mol. The zero-order valence-corrected chi connectivity index (χ0v) is 14.3. The summed E-state index contributed by atoms with van der Waals surface area (Å²) in [7, 11) is 0. The predicted octanol–water partition coefficient (Wildman–Crippen LogP) is 3.13. The number of amides is 1. The summed E-state index contributed by atoms with van der Waals surface area (Å²) in [6.45, 7) is 3.66. The van der Waals surface area contributed by atoms with E-state index in [9.17, 15) is 9.90 Å². The van der Waals surface area contributed by atoms with Crippen LogP contribution in [-0.2, 0) is 6.54 Å². The number of rotatable bonds is 3. The van der Waals surface area contributed by atoms with Crippen molar-refractivity contribution in [3.8, 4) is 5.75 Å². The highest BCUT2D eigenvalue weighted by atomic mass is 16.3. The lowest BCUT2D eigenvalue weighted by Crippen LogP contribution is -2.43. The number of carbonyl (C=O) groups excluding carboxylic acids is 1. The van der Waals surface area contributed by atoms with Crippen molar-refractivity contribution in [2.45, 2.75) is 25.4 Å². The van der Waals surface area contributed by atoms with Gasteiger partial charge >= 0.3 is 0 Å². The van der Waals surface area contributed by atoms with Crippen molar-refractivity contribution in [1.82, 2.24) is 9.80 Å². The first-order valence-electron chi connectivity index (χ1n) is 9.05. The maximum absolute atomic E-state index is 12.9. The van der Waals surface area contributed by atoms with Crippen molar-refractivity contribution in [1.29, 1.82) is 0 Å². The van der Waals surface area contributed by atoms with Crippen LogP contribution < -0.4 is 0 Å². The molecule has 130 valence electrons. The number of fused-ring (bicyclic) bond motifs is 4. The molecule has 2 aromatic carbocycles. The quantitative estimate of drug-likeness (QED) is 0.936. The first-order chi connectivity index (χ1) is 12.2. The fourth-order valence-electron chi connectivity index (χ4n) is 4.14. The summed E-state index contributed by atoms with van der Waals surface area (Å²) in [4.78, 5) is 17.4. The first-order valence-corrected chi connectivity index (χ1v) is 9.05. The molecule has 0 radical (unpaired) electrons. The minimum absolute atomic E-state index is 0.0819. The largest absolute Gasteiger partial charge is 0.508 e.